The van der Waals surface area contributed by atoms with Crippen LogP contribution in [0.2, 0.25) is 0 Å². The van der Waals surface area contributed by atoms with Crippen LogP contribution in [0.4, 0.5) is 0 Å². The van der Waals surface area contributed by atoms with E-state index in [-0.39, 0.29) is 5.91 Å². The number of aliphatic imine (C=N–C) groups is 1. The Balaban J connectivity index is 2.28. The summed E-state index contributed by atoms with van der Waals surface area (Å²) in [5.74, 6) is -0.00995. The number of amidine groups is 1. The number of carbonyl (C=O) groups is 1. The zero-order chi connectivity index (χ0) is 14.9. The number of carbonyl (C=O) groups excluding carboxylic acids is 1. The largest absolute Gasteiger partial charge is 0.292 e. The van der Waals surface area contributed by atoms with Crippen molar-refractivity contribution in [2.24, 2.45) is 4.99 Å². The summed E-state index contributed by atoms with van der Waals surface area (Å²) in [6.07, 6.45) is 1.94. The predicted molar refractivity (Wildman–Crippen MR) is 87.4 cm³/mol. The molecule has 106 valence electrons. The molecular weight excluding hydrogens is 280 g/mol. The zero-order valence-corrected chi connectivity index (χ0v) is 12.8. The lowest BCUT2D eigenvalue weighted by Crippen LogP contribution is -2.39. The molecule has 21 heavy (non-hydrogen) atoms. The van der Waals surface area contributed by atoms with Gasteiger partial charge in [-0.25, -0.2) is 4.99 Å². The van der Waals surface area contributed by atoms with Gasteiger partial charge in [-0.05, 0) is 17.4 Å². The number of nitrogens with zero attached hydrogens (tertiary/aromatic N) is 2. The second-order valence-electron chi connectivity index (χ2n) is 4.91. The normalized spacial score (nSPS) is 17.0. The second kappa shape index (κ2) is 5.37. The topological polar surface area (TPSA) is 32.7 Å². The Morgan fingerprint density at radius 1 is 0.952 bits per heavy atom. The van der Waals surface area contributed by atoms with Gasteiger partial charge in [0, 0.05) is 7.05 Å². The van der Waals surface area contributed by atoms with Gasteiger partial charge in [-0.3, -0.25) is 9.69 Å². The van der Waals surface area contributed by atoms with Crippen LogP contribution in [0.25, 0.3) is 0 Å². The monoisotopic (exact) mass is 296 g/mol. The van der Waals surface area contributed by atoms with E-state index in [1.165, 1.54) is 11.8 Å². The molecule has 3 rings (SSSR count). The van der Waals surface area contributed by atoms with Crippen LogP contribution in [0.3, 0.4) is 0 Å². The summed E-state index contributed by atoms with van der Waals surface area (Å²) < 4.78 is 0. The number of likely N-dealkylation sites (N-methyl/N-ethyl adjacent to an activating group) is 1. The van der Waals surface area contributed by atoms with Gasteiger partial charge in [0.1, 0.15) is 0 Å². The Kier molecular flexibility index (Phi) is 3.55. The molecule has 0 N–H and O–H groups in total. The highest BCUT2D eigenvalue weighted by Crippen LogP contribution is 2.40. The highest BCUT2D eigenvalue weighted by Gasteiger charge is 2.49. The van der Waals surface area contributed by atoms with Gasteiger partial charge in [-0.15, -0.1) is 0 Å². The van der Waals surface area contributed by atoms with Crippen LogP contribution >= 0.6 is 11.8 Å². The second-order valence-corrected chi connectivity index (χ2v) is 5.68. The quantitative estimate of drug-likeness (QED) is 0.853. The third-order valence-corrected chi connectivity index (χ3v) is 4.46. The fraction of sp³-hybridized carbons (Fsp3) is 0.176. The first kappa shape index (κ1) is 13.9. The molecule has 0 bridgehead atoms. The minimum atomic E-state index is -0.963. The highest BCUT2D eigenvalue weighted by molar-refractivity contribution is 8.13. The van der Waals surface area contributed by atoms with Crippen molar-refractivity contribution in [2.45, 2.75) is 5.54 Å². The van der Waals surface area contributed by atoms with E-state index < -0.39 is 5.54 Å². The van der Waals surface area contributed by atoms with Crippen molar-refractivity contribution in [3.05, 3.63) is 71.8 Å². The van der Waals surface area contributed by atoms with Gasteiger partial charge in [0.25, 0.3) is 5.91 Å². The van der Waals surface area contributed by atoms with Crippen LogP contribution < -0.4 is 0 Å². The Hall–Kier alpha value is -2.07. The molecule has 1 aliphatic rings. The molecule has 4 heteroatoms. The van der Waals surface area contributed by atoms with E-state index in [4.69, 9.17) is 4.99 Å². The third-order valence-electron chi connectivity index (χ3n) is 3.73. The molecule has 0 atom stereocenters. The van der Waals surface area contributed by atoms with Crippen LogP contribution in [0.5, 0.6) is 0 Å². The molecule has 3 nitrogen and oxygen atoms in total. The number of hydrogen-bond donors (Lipinski definition) is 0. The maximum absolute atomic E-state index is 13.0. The average molecular weight is 296 g/mol. The SMILES string of the molecule is CSC1=NC(c2ccccc2)(c2ccccc2)C(=O)N1C. The van der Waals surface area contributed by atoms with E-state index in [2.05, 4.69) is 0 Å². The molecule has 0 radical (unpaired) electrons. The molecule has 0 fully saturated rings. The fourth-order valence-electron chi connectivity index (χ4n) is 2.68. The molecule has 0 saturated carbocycles. The van der Waals surface area contributed by atoms with Gasteiger partial charge >= 0.3 is 0 Å². The summed E-state index contributed by atoms with van der Waals surface area (Å²) in [7, 11) is 1.78. The maximum Gasteiger partial charge on any atom is 0.265 e. The van der Waals surface area contributed by atoms with E-state index in [0.29, 0.717) is 0 Å². The summed E-state index contributed by atoms with van der Waals surface area (Å²) in [5.41, 5.74) is 0.838. The zero-order valence-electron chi connectivity index (χ0n) is 12.0. The summed E-state index contributed by atoms with van der Waals surface area (Å²) in [6, 6.07) is 19.5. The first-order valence-corrected chi connectivity index (χ1v) is 7.95. The molecule has 0 aliphatic carbocycles. The van der Waals surface area contributed by atoms with Crippen molar-refractivity contribution in [1.82, 2.24) is 4.90 Å². The van der Waals surface area contributed by atoms with Gasteiger partial charge in [0.15, 0.2) is 10.7 Å². The Morgan fingerprint density at radius 3 is 1.81 bits per heavy atom. The Bertz CT molecular complexity index is 643. The van der Waals surface area contributed by atoms with Crippen molar-refractivity contribution in [3.8, 4) is 0 Å². The summed E-state index contributed by atoms with van der Waals surface area (Å²) >= 11 is 1.49. The van der Waals surface area contributed by atoms with Crippen LogP contribution in [0.15, 0.2) is 65.7 Å². The molecular formula is C17H16N2OS. The van der Waals surface area contributed by atoms with Gasteiger partial charge < -0.3 is 0 Å². The van der Waals surface area contributed by atoms with Crippen molar-refractivity contribution in [1.29, 1.82) is 0 Å². The molecule has 2 aromatic rings. The van der Waals surface area contributed by atoms with E-state index in [9.17, 15) is 4.79 Å². The van der Waals surface area contributed by atoms with Crippen LogP contribution in [0, 0.1) is 0 Å². The lowest BCUT2D eigenvalue weighted by Gasteiger charge is -2.26. The Labute approximate surface area is 128 Å². The minimum absolute atomic E-state index is 0.00995. The maximum atomic E-state index is 13.0. The number of thioether (sulfide) groups is 1. The van der Waals surface area contributed by atoms with Crippen molar-refractivity contribution in [2.75, 3.05) is 13.3 Å². The lowest BCUT2D eigenvalue weighted by molar-refractivity contribution is -0.129. The summed E-state index contributed by atoms with van der Waals surface area (Å²) in [4.78, 5) is 19.4. The van der Waals surface area contributed by atoms with Gasteiger partial charge in [-0.2, -0.15) is 0 Å². The van der Waals surface area contributed by atoms with Crippen LogP contribution in [-0.2, 0) is 10.3 Å². The number of amides is 1. The molecule has 1 aliphatic heterocycles. The first-order chi connectivity index (χ1) is 10.2. The van der Waals surface area contributed by atoms with E-state index in [1.54, 1.807) is 11.9 Å². The highest BCUT2D eigenvalue weighted by atomic mass is 32.2. The van der Waals surface area contributed by atoms with Gasteiger partial charge in [0.05, 0.1) is 0 Å². The Morgan fingerprint density at radius 2 is 1.43 bits per heavy atom. The molecule has 0 aromatic heterocycles. The minimum Gasteiger partial charge on any atom is -0.292 e. The van der Waals surface area contributed by atoms with Crippen LogP contribution in [0.1, 0.15) is 11.1 Å². The van der Waals surface area contributed by atoms with Crippen LogP contribution in [-0.4, -0.2) is 29.3 Å². The first-order valence-electron chi connectivity index (χ1n) is 6.73. The van der Waals surface area contributed by atoms with E-state index in [1.807, 2.05) is 66.9 Å². The third kappa shape index (κ3) is 2.07. The number of benzene rings is 2. The predicted octanol–water partition coefficient (Wildman–Crippen LogP) is 3.12. The van der Waals surface area contributed by atoms with Gasteiger partial charge in [0.2, 0.25) is 0 Å². The number of rotatable bonds is 2. The molecule has 0 spiro atoms. The summed E-state index contributed by atoms with van der Waals surface area (Å²) in [6.45, 7) is 0. The van der Waals surface area contributed by atoms with E-state index >= 15 is 0 Å². The lowest BCUT2D eigenvalue weighted by atomic mass is 9.83. The standard InChI is InChI=1S/C17H16N2OS/c1-19-15(20)17(18-16(19)21-2,13-9-5-3-6-10-13)14-11-7-4-8-12-14/h3-12H,1-2H3. The van der Waals surface area contributed by atoms with E-state index in [0.717, 1.165) is 16.3 Å². The smallest absolute Gasteiger partial charge is 0.265 e. The van der Waals surface area contributed by atoms with Gasteiger partial charge in [-0.1, -0.05) is 72.4 Å². The number of hydrogen-bond acceptors (Lipinski definition) is 3. The molecule has 1 amide bonds. The van der Waals surface area contributed by atoms with Crippen molar-refractivity contribution >= 4 is 22.8 Å². The molecule has 1 heterocycles. The molecule has 0 unspecified atom stereocenters. The molecule has 0 saturated heterocycles. The fourth-order valence-corrected chi connectivity index (χ4v) is 3.26. The molecule has 2 aromatic carbocycles. The summed E-state index contributed by atoms with van der Waals surface area (Å²) in [5, 5.41) is 0.743. The average Bonchev–Trinajstić information content (AvgIpc) is 2.82. The van der Waals surface area contributed by atoms with Crippen molar-refractivity contribution < 1.29 is 4.79 Å². The van der Waals surface area contributed by atoms with Crippen molar-refractivity contribution in [3.63, 3.8) is 0 Å².